The van der Waals surface area contributed by atoms with Gasteiger partial charge in [-0.3, -0.25) is 0 Å². The lowest BCUT2D eigenvalue weighted by Gasteiger charge is -2.19. The molecule has 1 aliphatic heterocycles. The van der Waals surface area contributed by atoms with E-state index in [1.54, 1.807) is 6.20 Å². The zero-order chi connectivity index (χ0) is 10.7. The van der Waals surface area contributed by atoms with Crippen LogP contribution in [-0.2, 0) is 4.74 Å². The van der Waals surface area contributed by atoms with Gasteiger partial charge in [-0.1, -0.05) is 0 Å². The van der Waals surface area contributed by atoms with Gasteiger partial charge in [-0.15, -0.1) is 0 Å². The highest BCUT2D eigenvalue weighted by Gasteiger charge is 2.22. The van der Waals surface area contributed by atoms with Crippen LogP contribution in [0.1, 0.15) is 13.3 Å². The van der Waals surface area contributed by atoms with Gasteiger partial charge in [0.1, 0.15) is 5.82 Å². The summed E-state index contributed by atoms with van der Waals surface area (Å²) in [4.78, 5) is 7.92. The Balaban J connectivity index is 1.95. The SMILES string of the molecule is CC(Nc1ccnc(Cl)n1)C1CCOC1. The topological polar surface area (TPSA) is 47.0 Å². The fraction of sp³-hybridized carbons (Fsp3) is 0.600. The number of rotatable bonds is 3. The molecular weight excluding hydrogens is 214 g/mol. The van der Waals surface area contributed by atoms with Crippen molar-refractivity contribution < 1.29 is 4.74 Å². The van der Waals surface area contributed by atoms with Crippen LogP contribution in [0.5, 0.6) is 0 Å². The number of nitrogens with zero attached hydrogens (tertiary/aromatic N) is 2. The average molecular weight is 228 g/mol. The van der Waals surface area contributed by atoms with Gasteiger partial charge >= 0.3 is 0 Å². The number of hydrogen-bond donors (Lipinski definition) is 1. The Hall–Kier alpha value is -0.870. The van der Waals surface area contributed by atoms with Crippen molar-refractivity contribution in [1.82, 2.24) is 9.97 Å². The second kappa shape index (κ2) is 4.77. The van der Waals surface area contributed by atoms with Crippen LogP contribution in [0, 0.1) is 5.92 Å². The molecule has 1 saturated heterocycles. The maximum Gasteiger partial charge on any atom is 0.224 e. The van der Waals surface area contributed by atoms with Crippen LogP contribution in [0.2, 0.25) is 5.28 Å². The van der Waals surface area contributed by atoms with Gasteiger partial charge in [0.15, 0.2) is 0 Å². The number of hydrogen-bond acceptors (Lipinski definition) is 4. The van der Waals surface area contributed by atoms with E-state index in [0.717, 1.165) is 25.5 Å². The molecule has 1 aromatic rings. The molecule has 15 heavy (non-hydrogen) atoms. The highest BCUT2D eigenvalue weighted by molar-refractivity contribution is 6.28. The van der Waals surface area contributed by atoms with Gasteiger partial charge < -0.3 is 10.1 Å². The van der Waals surface area contributed by atoms with E-state index in [2.05, 4.69) is 22.2 Å². The van der Waals surface area contributed by atoms with Crippen molar-refractivity contribution in [2.75, 3.05) is 18.5 Å². The van der Waals surface area contributed by atoms with E-state index < -0.39 is 0 Å². The summed E-state index contributed by atoms with van der Waals surface area (Å²) in [7, 11) is 0. The van der Waals surface area contributed by atoms with Crippen molar-refractivity contribution in [1.29, 1.82) is 0 Å². The first-order valence-corrected chi connectivity index (χ1v) is 5.46. The van der Waals surface area contributed by atoms with Gasteiger partial charge in [0.2, 0.25) is 5.28 Å². The molecule has 1 N–H and O–H groups in total. The Kier molecular flexibility index (Phi) is 3.38. The quantitative estimate of drug-likeness (QED) is 0.802. The van der Waals surface area contributed by atoms with Gasteiger partial charge in [-0.25, -0.2) is 9.97 Å². The third kappa shape index (κ3) is 2.79. The Bertz CT molecular complexity index is 328. The van der Waals surface area contributed by atoms with Crippen LogP contribution in [0.25, 0.3) is 0 Å². The Labute approximate surface area is 94.0 Å². The number of nitrogens with one attached hydrogen (secondary N) is 1. The van der Waals surface area contributed by atoms with Crippen molar-refractivity contribution >= 4 is 17.4 Å². The standard InChI is InChI=1S/C10H14ClN3O/c1-7(8-3-5-15-6-8)13-9-2-4-12-10(11)14-9/h2,4,7-8H,3,5-6H2,1H3,(H,12,13,14). The van der Waals surface area contributed by atoms with Crippen LogP contribution < -0.4 is 5.32 Å². The molecule has 1 aliphatic rings. The molecule has 0 bridgehead atoms. The number of halogens is 1. The molecule has 2 heterocycles. The number of aromatic nitrogens is 2. The fourth-order valence-electron chi connectivity index (χ4n) is 1.71. The van der Waals surface area contributed by atoms with Gasteiger partial charge in [0, 0.05) is 24.8 Å². The number of ether oxygens (including phenoxy) is 1. The first-order chi connectivity index (χ1) is 7.25. The normalized spacial score (nSPS) is 22.7. The predicted molar refractivity (Wildman–Crippen MR) is 59.1 cm³/mol. The Morgan fingerprint density at radius 3 is 3.20 bits per heavy atom. The van der Waals surface area contributed by atoms with Crippen LogP contribution in [0.15, 0.2) is 12.3 Å². The molecule has 2 atom stereocenters. The lowest BCUT2D eigenvalue weighted by Crippen LogP contribution is -2.26. The summed E-state index contributed by atoms with van der Waals surface area (Å²) >= 11 is 5.70. The van der Waals surface area contributed by atoms with Crippen LogP contribution in [0.3, 0.4) is 0 Å². The molecule has 4 nitrogen and oxygen atoms in total. The molecule has 5 heteroatoms. The van der Waals surface area contributed by atoms with Gasteiger partial charge in [0.25, 0.3) is 0 Å². The van der Waals surface area contributed by atoms with Gasteiger partial charge in [-0.05, 0) is 31.0 Å². The maximum atomic E-state index is 5.70. The van der Waals surface area contributed by atoms with E-state index in [1.807, 2.05) is 6.07 Å². The smallest absolute Gasteiger partial charge is 0.224 e. The van der Waals surface area contributed by atoms with Crippen LogP contribution >= 0.6 is 11.6 Å². The van der Waals surface area contributed by atoms with Crippen molar-refractivity contribution in [3.05, 3.63) is 17.5 Å². The molecule has 0 amide bonds. The Morgan fingerprint density at radius 2 is 2.53 bits per heavy atom. The van der Waals surface area contributed by atoms with Crippen molar-refractivity contribution in [2.45, 2.75) is 19.4 Å². The summed E-state index contributed by atoms with van der Waals surface area (Å²) in [5, 5.41) is 3.58. The molecule has 0 spiro atoms. The number of anilines is 1. The van der Waals surface area contributed by atoms with Crippen molar-refractivity contribution in [2.24, 2.45) is 5.92 Å². The van der Waals surface area contributed by atoms with E-state index in [1.165, 1.54) is 0 Å². The third-order valence-corrected chi connectivity index (χ3v) is 2.86. The minimum Gasteiger partial charge on any atom is -0.381 e. The first kappa shape index (κ1) is 10.6. The molecule has 1 aromatic heterocycles. The minimum atomic E-state index is 0.273. The van der Waals surface area contributed by atoms with E-state index >= 15 is 0 Å². The highest BCUT2D eigenvalue weighted by atomic mass is 35.5. The monoisotopic (exact) mass is 227 g/mol. The summed E-state index contributed by atoms with van der Waals surface area (Å²) in [6, 6.07) is 2.16. The van der Waals surface area contributed by atoms with Gasteiger partial charge in [-0.2, -0.15) is 0 Å². The van der Waals surface area contributed by atoms with E-state index in [4.69, 9.17) is 16.3 Å². The molecule has 82 valence electrons. The molecule has 0 aromatic carbocycles. The molecule has 0 saturated carbocycles. The van der Waals surface area contributed by atoms with Gasteiger partial charge in [0.05, 0.1) is 6.61 Å². The van der Waals surface area contributed by atoms with E-state index in [-0.39, 0.29) is 5.28 Å². The van der Waals surface area contributed by atoms with Crippen LogP contribution in [0.4, 0.5) is 5.82 Å². The highest BCUT2D eigenvalue weighted by Crippen LogP contribution is 2.19. The largest absolute Gasteiger partial charge is 0.381 e. The second-order valence-corrected chi connectivity index (χ2v) is 4.11. The third-order valence-electron chi connectivity index (χ3n) is 2.67. The van der Waals surface area contributed by atoms with E-state index in [9.17, 15) is 0 Å². The first-order valence-electron chi connectivity index (χ1n) is 5.08. The molecular formula is C10H14ClN3O. The second-order valence-electron chi connectivity index (χ2n) is 3.77. The predicted octanol–water partition coefficient (Wildman–Crippen LogP) is 1.97. The molecule has 2 unspecified atom stereocenters. The maximum absolute atomic E-state index is 5.70. The van der Waals surface area contributed by atoms with Crippen molar-refractivity contribution in [3.63, 3.8) is 0 Å². The zero-order valence-electron chi connectivity index (χ0n) is 8.61. The molecule has 0 aliphatic carbocycles. The summed E-state index contributed by atoms with van der Waals surface area (Å²) in [6.45, 7) is 3.82. The minimum absolute atomic E-state index is 0.273. The lowest BCUT2D eigenvalue weighted by molar-refractivity contribution is 0.183. The van der Waals surface area contributed by atoms with Crippen LogP contribution in [-0.4, -0.2) is 29.2 Å². The lowest BCUT2D eigenvalue weighted by atomic mass is 10.0. The molecule has 0 radical (unpaired) electrons. The average Bonchev–Trinajstić information content (AvgIpc) is 2.70. The summed E-state index contributed by atoms with van der Waals surface area (Å²) in [6.07, 6.45) is 2.75. The Morgan fingerprint density at radius 1 is 1.67 bits per heavy atom. The summed E-state index contributed by atoms with van der Waals surface area (Å²) < 4.78 is 5.34. The fourth-order valence-corrected chi connectivity index (χ4v) is 1.86. The summed E-state index contributed by atoms with van der Waals surface area (Å²) in [5.74, 6) is 1.33. The van der Waals surface area contributed by atoms with Crippen molar-refractivity contribution in [3.8, 4) is 0 Å². The van der Waals surface area contributed by atoms with E-state index in [0.29, 0.717) is 12.0 Å². The zero-order valence-corrected chi connectivity index (χ0v) is 9.37. The molecule has 2 rings (SSSR count). The molecule has 1 fully saturated rings. The summed E-state index contributed by atoms with van der Waals surface area (Å²) in [5.41, 5.74) is 0.